The molecule has 0 radical (unpaired) electrons. The van der Waals surface area contributed by atoms with Gasteiger partial charge in [0.15, 0.2) is 0 Å². The second-order valence-corrected chi connectivity index (χ2v) is 6.39. The third-order valence-corrected chi connectivity index (χ3v) is 3.41. The summed E-state index contributed by atoms with van der Waals surface area (Å²) in [6.45, 7) is 5.34. The molecule has 0 unspecified atom stereocenters. The van der Waals surface area contributed by atoms with Gasteiger partial charge in [-0.3, -0.25) is 0 Å². The molecule has 0 bridgehead atoms. The molecule has 0 saturated heterocycles. The molecule has 1 aromatic heterocycles. The number of carbonyl (C=O) groups excluding carboxylic acids is 1. The number of benzene rings is 1. The lowest BCUT2D eigenvalue weighted by molar-refractivity contribution is 0.00752. The maximum Gasteiger partial charge on any atom is 0.350 e. The van der Waals surface area contributed by atoms with Crippen LogP contribution in [0.15, 0.2) is 24.3 Å². The SMILES string of the molecule is CC(C)(C)OC(=O)c1cc(-c2c(F)cccc2Cl)ns1. The third kappa shape index (κ3) is 3.35. The number of halogens is 2. The van der Waals surface area contributed by atoms with E-state index in [4.69, 9.17) is 16.3 Å². The Morgan fingerprint density at radius 2 is 2.10 bits per heavy atom. The number of ether oxygens (including phenoxy) is 1. The fraction of sp³-hybridized carbons (Fsp3) is 0.286. The van der Waals surface area contributed by atoms with E-state index in [-0.39, 0.29) is 10.6 Å². The molecule has 0 saturated carbocycles. The minimum absolute atomic E-state index is 0.195. The first-order valence-corrected chi connectivity index (χ1v) is 7.07. The molecule has 0 aliphatic heterocycles. The summed E-state index contributed by atoms with van der Waals surface area (Å²) in [5, 5.41) is 0.256. The predicted octanol–water partition coefficient (Wildman–Crippen LogP) is 4.56. The highest BCUT2D eigenvalue weighted by Crippen LogP contribution is 2.31. The van der Waals surface area contributed by atoms with Crippen LogP contribution < -0.4 is 0 Å². The van der Waals surface area contributed by atoms with Gasteiger partial charge < -0.3 is 4.74 Å². The summed E-state index contributed by atoms with van der Waals surface area (Å²) >= 11 is 6.93. The van der Waals surface area contributed by atoms with Crippen LogP contribution in [0.5, 0.6) is 0 Å². The summed E-state index contributed by atoms with van der Waals surface area (Å²) in [7, 11) is 0. The fourth-order valence-corrected chi connectivity index (χ4v) is 2.44. The lowest BCUT2D eigenvalue weighted by Gasteiger charge is -2.18. The Labute approximate surface area is 125 Å². The molecule has 0 atom stereocenters. The molecule has 0 aliphatic carbocycles. The molecule has 106 valence electrons. The van der Waals surface area contributed by atoms with Gasteiger partial charge in [-0.1, -0.05) is 17.7 Å². The molecule has 2 aromatic rings. The van der Waals surface area contributed by atoms with Crippen molar-refractivity contribution in [3.8, 4) is 11.3 Å². The van der Waals surface area contributed by atoms with Crippen molar-refractivity contribution in [3.05, 3.63) is 40.0 Å². The first-order chi connectivity index (χ1) is 9.28. The first-order valence-electron chi connectivity index (χ1n) is 5.92. The number of nitrogens with zero attached hydrogens (tertiary/aromatic N) is 1. The average molecular weight is 314 g/mol. The fourth-order valence-electron chi connectivity index (χ4n) is 1.56. The van der Waals surface area contributed by atoms with Crippen LogP contribution in [-0.2, 0) is 4.74 Å². The molecule has 20 heavy (non-hydrogen) atoms. The van der Waals surface area contributed by atoms with Crippen LogP contribution in [0.2, 0.25) is 5.02 Å². The molecule has 0 amide bonds. The van der Waals surface area contributed by atoms with E-state index in [1.165, 1.54) is 18.2 Å². The van der Waals surface area contributed by atoms with Crippen LogP contribution in [0.4, 0.5) is 4.39 Å². The summed E-state index contributed by atoms with van der Waals surface area (Å²) in [5.74, 6) is -0.952. The third-order valence-electron chi connectivity index (χ3n) is 2.33. The zero-order valence-corrected chi connectivity index (χ0v) is 12.8. The van der Waals surface area contributed by atoms with Crippen molar-refractivity contribution in [2.24, 2.45) is 0 Å². The summed E-state index contributed by atoms with van der Waals surface area (Å²) in [6.07, 6.45) is 0. The van der Waals surface area contributed by atoms with Gasteiger partial charge in [-0.25, -0.2) is 9.18 Å². The Morgan fingerprint density at radius 1 is 1.40 bits per heavy atom. The molecular formula is C14H13ClFNO2S. The van der Waals surface area contributed by atoms with E-state index in [1.54, 1.807) is 26.8 Å². The normalized spacial score (nSPS) is 11.4. The average Bonchev–Trinajstić information content (AvgIpc) is 2.76. The van der Waals surface area contributed by atoms with Crippen LogP contribution in [-0.4, -0.2) is 15.9 Å². The number of aromatic nitrogens is 1. The van der Waals surface area contributed by atoms with Crippen LogP contribution in [0.1, 0.15) is 30.4 Å². The summed E-state index contributed by atoms with van der Waals surface area (Å²) in [5.41, 5.74) is -0.0594. The van der Waals surface area contributed by atoms with Gasteiger partial charge >= 0.3 is 5.97 Å². The number of rotatable bonds is 2. The Kier molecular flexibility index (Phi) is 4.11. The highest BCUT2D eigenvalue weighted by Gasteiger charge is 2.21. The highest BCUT2D eigenvalue weighted by atomic mass is 35.5. The first kappa shape index (κ1) is 14.9. The summed E-state index contributed by atoms with van der Waals surface area (Å²) in [4.78, 5) is 12.2. The number of carbonyl (C=O) groups is 1. The zero-order valence-electron chi connectivity index (χ0n) is 11.2. The quantitative estimate of drug-likeness (QED) is 0.763. The Hall–Kier alpha value is -1.46. The van der Waals surface area contributed by atoms with Crippen molar-refractivity contribution in [1.82, 2.24) is 4.37 Å². The molecule has 0 N–H and O–H groups in total. The van der Waals surface area contributed by atoms with E-state index in [0.717, 1.165) is 11.5 Å². The van der Waals surface area contributed by atoms with Gasteiger partial charge in [0.25, 0.3) is 0 Å². The smallest absolute Gasteiger partial charge is 0.350 e. The number of hydrogen-bond donors (Lipinski definition) is 0. The topological polar surface area (TPSA) is 39.2 Å². The van der Waals surface area contributed by atoms with Gasteiger partial charge in [0, 0.05) is 0 Å². The van der Waals surface area contributed by atoms with Crippen LogP contribution in [0.25, 0.3) is 11.3 Å². The lowest BCUT2D eigenvalue weighted by Crippen LogP contribution is -2.23. The molecule has 0 aliphatic rings. The molecule has 0 spiro atoms. The van der Waals surface area contributed by atoms with Gasteiger partial charge in [-0.15, -0.1) is 0 Å². The van der Waals surface area contributed by atoms with Crippen molar-refractivity contribution < 1.29 is 13.9 Å². The monoisotopic (exact) mass is 313 g/mol. The maximum absolute atomic E-state index is 13.8. The minimum Gasteiger partial charge on any atom is -0.456 e. The highest BCUT2D eigenvalue weighted by molar-refractivity contribution is 7.08. The molecule has 2 rings (SSSR count). The van der Waals surface area contributed by atoms with E-state index in [1.807, 2.05) is 0 Å². The van der Waals surface area contributed by atoms with Gasteiger partial charge in [0.2, 0.25) is 0 Å². The summed E-state index contributed by atoms with van der Waals surface area (Å²) < 4.78 is 23.1. The van der Waals surface area contributed by atoms with Crippen molar-refractivity contribution in [2.75, 3.05) is 0 Å². The van der Waals surface area contributed by atoms with Crippen molar-refractivity contribution in [1.29, 1.82) is 0 Å². The van der Waals surface area contributed by atoms with Gasteiger partial charge in [-0.05, 0) is 50.5 Å². The van der Waals surface area contributed by atoms with E-state index in [0.29, 0.717) is 10.6 Å². The Bertz CT molecular complexity index is 629. The Morgan fingerprint density at radius 3 is 2.70 bits per heavy atom. The number of esters is 1. The van der Waals surface area contributed by atoms with Crippen molar-refractivity contribution in [3.63, 3.8) is 0 Å². The zero-order chi connectivity index (χ0) is 14.9. The van der Waals surface area contributed by atoms with Crippen LogP contribution in [0.3, 0.4) is 0 Å². The maximum atomic E-state index is 13.8. The van der Waals surface area contributed by atoms with E-state index in [2.05, 4.69) is 4.37 Å². The number of hydrogen-bond acceptors (Lipinski definition) is 4. The molecule has 3 nitrogen and oxygen atoms in total. The molecule has 0 fully saturated rings. The molecule has 1 aromatic carbocycles. The molecule has 6 heteroatoms. The predicted molar refractivity (Wildman–Crippen MR) is 77.7 cm³/mol. The lowest BCUT2D eigenvalue weighted by atomic mass is 10.1. The molecular weight excluding hydrogens is 301 g/mol. The second-order valence-electron chi connectivity index (χ2n) is 5.17. The van der Waals surface area contributed by atoms with Gasteiger partial charge in [0.1, 0.15) is 16.3 Å². The van der Waals surface area contributed by atoms with Gasteiger partial charge in [-0.2, -0.15) is 4.37 Å². The van der Waals surface area contributed by atoms with E-state index in [9.17, 15) is 9.18 Å². The van der Waals surface area contributed by atoms with E-state index >= 15 is 0 Å². The van der Waals surface area contributed by atoms with Gasteiger partial charge in [0.05, 0.1) is 16.3 Å². The van der Waals surface area contributed by atoms with Crippen molar-refractivity contribution >= 4 is 29.1 Å². The molecule has 1 heterocycles. The largest absolute Gasteiger partial charge is 0.456 e. The minimum atomic E-state index is -0.586. The second kappa shape index (κ2) is 5.50. The Balaban J connectivity index is 2.32. The van der Waals surface area contributed by atoms with Crippen LogP contribution >= 0.6 is 23.1 Å². The van der Waals surface area contributed by atoms with E-state index < -0.39 is 17.4 Å². The van der Waals surface area contributed by atoms with Crippen LogP contribution in [0, 0.1) is 5.82 Å². The summed E-state index contributed by atoms with van der Waals surface area (Å²) in [6, 6.07) is 5.88. The van der Waals surface area contributed by atoms with Crippen molar-refractivity contribution in [2.45, 2.75) is 26.4 Å². The standard InChI is InChI=1S/C14H13ClFNO2S/c1-14(2,3)19-13(18)11-7-10(17-20-11)12-8(15)5-4-6-9(12)16/h4-7H,1-3H3.